The number of fused-ring (bicyclic) bond motifs is 1. The topological polar surface area (TPSA) is 106 Å². The summed E-state index contributed by atoms with van der Waals surface area (Å²) < 4.78 is 7.58. The summed E-state index contributed by atoms with van der Waals surface area (Å²) in [6.45, 7) is 2.04. The van der Waals surface area contributed by atoms with Crippen molar-refractivity contribution in [2.45, 2.75) is 32.5 Å². The normalized spacial score (nSPS) is 15.5. The molecule has 1 atom stereocenters. The summed E-state index contributed by atoms with van der Waals surface area (Å²) in [5, 5.41) is 11.9. The largest absolute Gasteiger partial charge is 0.493 e. The minimum Gasteiger partial charge on any atom is -0.493 e. The molecule has 0 spiro atoms. The van der Waals surface area contributed by atoms with Crippen LogP contribution in [-0.2, 0) is 17.9 Å². The molecule has 0 fully saturated rings. The molecule has 1 aromatic heterocycles. The standard InChI is InChI=1S/C18H18N4O4/c1-2-21-10-12(9-19)17(24)22(18(21)25)11-16(23)20-14-7-8-26-15-6-4-3-5-13(14)15/h3-6,10,14H,2,7-8,11H2,1H3,(H,20,23)/t14-/m1/s1. The van der Waals surface area contributed by atoms with Crippen molar-refractivity contribution in [3.63, 3.8) is 0 Å². The van der Waals surface area contributed by atoms with E-state index >= 15 is 0 Å². The predicted molar refractivity (Wildman–Crippen MR) is 92.8 cm³/mol. The summed E-state index contributed by atoms with van der Waals surface area (Å²) >= 11 is 0. The number of amides is 1. The number of hydrogen-bond acceptors (Lipinski definition) is 5. The van der Waals surface area contributed by atoms with Gasteiger partial charge in [-0.25, -0.2) is 9.36 Å². The Hall–Kier alpha value is -3.34. The zero-order valence-electron chi connectivity index (χ0n) is 14.3. The lowest BCUT2D eigenvalue weighted by Gasteiger charge is -2.26. The summed E-state index contributed by atoms with van der Waals surface area (Å²) in [5.74, 6) is 0.240. The van der Waals surface area contributed by atoms with E-state index in [1.165, 1.54) is 10.8 Å². The number of benzene rings is 1. The van der Waals surface area contributed by atoms with E-state index in [2.05, 4.69) is 5.32 Å². The first-order valence-corrected chi connectivity index (χ1v) is 8.30. The average Bonchev–Trinajstić information content (AvgIpc) is 2.66. The van der Waals surface area contributed by atoms with E-state index in [0.29, 0.717) is 25.3 Å². The van der Waals surface area contributed by atoms with E-state index in [1.54, 1.807) is 13.0 Å². The van der Waals surface area contributed by atoms with Gasteiger partial charge < -0.3 is 10.1 Å². The first-order valence-electron chi connectivity index (χ1n) is 8.30. The zero-order chi connectivity index (χ0) is 18.7. The van der Waals surface area contributed by atoms with Crippen LogP contribution in [-0.4, -0.2) is 21.6 Å². The number of nitrogens with one attached hydrogen (secondary N) is 1. The highest BCUT2D eigenvalue weighted by molar-refractivity contribution is 5.76. The summed E-state index contributed by atoms with van der Waals surface area (Å²) in [4.78, 5) is 37.0. The second kappa shape index (κ2) is 7.27. The maximum atomic E-state index is 12.5. The minimum atomic E-state index is -0.760. The Balaban J connectivity index is 1.85. The molecule has 0 aliphatic carbocycles. The lowest BCUT2D eigenvalue weighted by Crippen LogP contribution is -2.45. The Morgan fingerprint density at radius 3 is 2.88 bits per heavy atom. The summed E-state index contributed by atoms with van der Waals surface area (Å²) in [7, 11) is 0. The quantitative estimate of drug-likeness (QED) is 0.863. The number of aryl methyl sites for hydroxylation is 1. The average molecular weight is 354 g/mol. The van der Waals surface area contributed by atoms with Crippen molar-refractivity contribution in [1.29, 1.82) is 5.26 Å². The van der Waals surface area contributed by atoms with Crippen molar-refractivity contribution in [3.8, 4) is 11.8 Å². The van der Waals surface area contributed by atoms with E-state index in [1.807, 2.05) is 24.3 Å². The molecule has 0 saturated heterocycles. The molecular weight excluding hydrogens is 336 g/mol. The highest BCUT2D eigenvalue weighted by atomic mass is 16.5. The van der Waals surface area contributed by atoms with Gasteiger partial charge in [0.25, 0.3) is 5.56 Å². The Morgan fingerprint density at radius 1 is 1.38 bits per heavy atom. The number of hydrogen-bond donors (Lipinski definition) is 1. The molecule has 1 aliphatic rings. The van der Waals surface area contributed by atoms with Crippen LogP contribution in [0, 0.1) is 11.3 Å². The van der Waals surface area contributed by atoms with Crippen LogP contribution in [0.4, 0.5) is 0 Å². The van der Waals surface area contributed by atoms with Gasteiger partial charge in [0.05, 0.1) is 12.6 Å². The lowest BCUT2D eigenvalue weighted by atomic mass is 10.0. The van der Waals surface area contributed by atoms with Crippen molar-refractivity contribution in [2.75, 3.05) is 6.61 Å². The zero-order valence-corrected chi connectivity index (χ0v) is 14.3. The number of carbonyl (C=O) groups excluding carboxylic acids is 1. The summed E-state index contributed by atoms with van der Waals surface area (Å²) in [6, 6.07) is 8.91. The maximum absolute atomic E-state index is 12.5. The highest BCUT2D eigenvalue weighted by Crippen LogP contribution is 2.31. The van der Waals surface area contributed by atoms with Crippen LogP contribution in [0.25, 0.3) is 0 Å². The van der Waals surface area contributed by atoms with Crippen LogP contribution in [0.5, 0.6) is 5.75 Å². The molecule has 1 aromatic carbocycles. The van der Waals surface area contributed by atoms with Gasteiger partial charge in [0.2, 0.25) is 5.91 Å². The van der Waals surface area contributed by atoms with Gasteiger partial charge in [-0.3, -0.25) is 14.2 Å². The van der Waals surface area contributed by atoms with Gasteiger partial charge >= 0.3 is 5.69 Å². The fourth-order valence-electron chi connectivity index (χ4n) is 2.97. The van der Waals surface area contributed by atoms with Gasteiger partial charge in [-0.05, 0) is 13.0 Å². The van der Waals surface area contributed by atoms with Crippen molar-refractivity contribution < 1.29 is 9.53 Å². The monoisotopic (exact) mass is 354 g/mol. The molecule has 8 heteroatoms. The van der Waals surface area contributed by atoms with Crippen molar-refractivity contribution in [1.82, 2.24) is 14.5 Å². The van der Waals surface area contributed by atoms with Crippen molar-refractivity contribution >= 4 is 5.91 Å². The minimum absolute atomic E-state index is 0.171. The number of carbonyl (C=O) groups is 1. The second-order valence-corrected chi connectivity index (χ2v) is 5.91. The third-order valence-corrected chi connectivity index (χ3v) is 4.29. The number of rotatable bonds is 4. The SMILES string of the molecule is CCn1cc(C#N)c(=O)n(CC(=O)N[C@@H]2CCOc3ccccc32)c1=O. The molecule has 0 bridgehead atoms. The van der Waals surface area contributed by atoms with Gasteiger partial charge in [-0.2, -0.15) is 5.26 Å². The third-order valence-electron chi connectivity index (χ3n) is 4.29. The first kappa shape index (κ1) is 17.5. The molecule has 0 radical (unpaired) electrons. The molecule has 0 saturated carbocycles. The fraction of sp³-hybridized carbons (Fsp3) is 0.333. The number of ether oxygens (including phenoxy) is 1. The van der Waals surface area contributed by atoms with Crippen LogP contribution in [0.1, 0.15) is 30.5 Å². The van der Waals surface area contributed by atoms with E-state index < -0.39 is 23.7 Å². The highest BCUT2D eigenvalue weighted by Gasteiger charge is 2.23. The Morgan fingerprint density at radius 2 is 2.15 bits per heavy atom. The molecule has 134 valence electrons. The van der Waals surface area contributed by atoms with Crippen LogP contribution in [0.3, 0.4) is 0 Å². The van der Waals surface area contributed by atoms with E-state index in [-0.39, 0.29) is 11.6 Å². The Kier molecular flexibility index (Phi) is 4.89. The molecule has 1 N–H and O–H groups in total. The smallest absolute Gasteiger partial charge is 0.331 e. The van der Waals surface area contributed by atoms with Crippen LogP contribution >= 0.6 is 0 Å². The second-order valence-electron chi connectivity index (χ2n) is 5.91. The molecule has 26 heavy (non-hydrogen) atoms. The maximum Gasteiger partial charge on any atom is 0.331 e. The first-order chi connectivity index (χ1) is 12.5. The molecule has 1 amide bonds. The number of nitriles is 1. The summed E-state index contributed by atoms with van der Waals surface area (Å²) in [5.41, 5.74) is -0.685. The van der Waals surface area contributed by atoms with Gasteiger partial charge in [0.15, 0.2) is 0 Å². The molecular formula is C18H18N4O4. The van der Waals surface area contributed by atoms with Crippen molar-refractivity contribution in [3.05, 3.63) is 62.4 Å². The van der Waals surface area contributed by atoms with Crippen LogP contribution in [0.15, 0.2) is 40.1 Å². The van der Waals surface area contributed by atoms with Gasteiger partial charge in [-0.15, -0.1) is 0 Å². The number of aromatic nitrogens is 2. The summed E-state index contributed by atoms with van der Waals surface area (Å²) in [6.07, 6.45) is 1.81. The van der Waals surface area contributed by atoms with E-state index in [9.17, 15) is 14.4 Å². The molecule has 2 heterocycles. The molecule has 2 aromatic rings. The predicted octanol–water partition coefficient (Wildman–Crippen LogP) is 0.542. The number of para-hydroxylation sites is 1. The van der Waals surface area contributed by atoms with Gasteiger partial charge in [-0.1, -0.05) is 18.2 Å². The molecule has 8 nitrogen and oxygen atoms in total. The van der Waals surface area contributed by atoms with E-state index in [4.69, 9.17) is 10.00 Å². The number of nitrogens with zero attached hydrogens (tertiary/aromatic N) is 3. The van der Waals surface area contributed by atoms with Crippen molar-refractivity contribution in [2.24, 2.45) is 0 Å². The molecule has 1 aliphatic heterocycles. The Bertz CT molecular complexity index is 999. The molecule has 0 unspecified atom stereocenters. The van der Waals surface area contributed by atoms with E-state index in [0.717, 1.165) is 10.1 Å². The lowest BCUT2D eigenvalue weighted by molar-refractivity contribution is -0.122. The van der Waals surface area contributed by atoms with Gasteiger partial charge in [0.1, 0.15) is 23.9 Å². The Labute approximate surface area is 149 Å². The molecule has 3 rings (SSSR count). The van der Waals surface area contributed by atoms with Crippen LogP contribution < -0.4 is 21.3 Å². The van der Waals surface area contributed by atoms with Gasteiger partial charge in [0, 0.05) is 24.7 Å². The fourth-order valence-corrected chi connectivity index (χ4v) is 2.97. The third kappa shape index (κ3) is 3.24. The van der Waals surface area contributed by atoms with Crippen LogP contribution in [0.2, 0.25) is 0 Å².